The predicted molar refractivity (Wildman–Crippen MR) is 196 cm³/mol. The van der Waals surface area contributed by atoms with Crippen LogP contribution in [0.1, 0.15) is 136 Å². The summed E-state index contributed by atoms with van der Waals surface area (Å²) in [5, 5.41) is 12.6. The van der Waals surface area contributed by atoms with E-state index in [-0.39, 0.29) is 32.1 Å². The zero-order valence-electron chi connectivity index (χ0n) is 29.9. The number of hydrogen-bond acceptors (Lipinski definition) is 7. The van der Waals surface area contributed by atoms with E-state index in [4.69, 9.17) is 13.8 Å². The van der Waals surface area contributed by atoms with Crippen LogP contribution in [0.15, 0.2) is 60.8 Å². The quantitative estimate of drug-likeness (QED) is 0.0268. The standard InChI is InChI=1S/C38H66NO8P/c1-3-5-7-9-11-13-15-16-17-18-19-20-21-22-24-26-28-30-37(41)39-32-33-46-48(43,44)47-35-36(40)34-45-38(42)31-29-27-25-23-14-12-10-8-6-4-2/h8,10-11,13,16-17,19-20,22,24,36,40H,3-7,9,12,14-15,18,21,23,25-35H2,1-2H3,(H,39,41)(H,43,44)/b10-8-,13-11-,17-16-,20-19-,24-22-. The van der Waals surface area contributed by atoms with Crippen molar-refractivity contribution in [2.45, 2.75) is 142 Å². The Kier molecular flexibility index (Phi) is 32.9. The predicted octanol–water partition coefficient (Wildman–Crippen LogP) is 9.37. The molecule has 1 amide bonds. The minimum atomic E-state index is -4.43. The number of unbranched alkanes of at least 4 members (excludes halogenated alkanes) is 10. The third kappa shape index (κ3) is 35.0. The van der Waals surface area contributed by atoms with Gasteiger partial charge in [-0.2, -0.15) is 0 Å². The van der Waals surface area contributed by atoms with Gasteiger partial charge in [0.2, 0.25) is 5.91 Å². The summed E-state index contributed by atoms with van der Waals surface area (Å²) in [4.78, 5) is 33.6. The van der Waals surface area contributed by atoms with Gasteiger partial charge in [-0.15, -0.1) is 0 Å². The average molecular weight is 696 g/mol. The average Bonchev–Trinajstić information content (AvgIpc) is 3.07. The lowest BCUT2D eigenvalue weighted by atomic mass is 10.1. The van der Waals surface area contributed by atoms with Gasteiger partial charge in [0.05, 0.1) is 13.2 Å². The van der Waals surface area contributed by atoms with Gasteiger partial charge in [-0.05, 0) is 70.6 Å². The lowest BCUT2D eigenvalue weighted by Gasteiger charge is -2.15. The highest BCUT2D eigenvalue weighted by Crippen LogP contribution is 2.42. The third-order valence-electron chi connectivity index (χ3n) is 7.15. The van der Waals surface area contributed by atoms with Crippen LogP contribution < -0.4 is 5.32 Å². The Morgan fingerprint density at radius 3 is 1.83 bits per heavy atom. The van der Waals surface area contributed by atoms with Crippen LogP contribution in [0.5, 0.6) is 0 Å². The van der Waals surface area contributed by atoms with E-state index in [1.165, 1.54) is 32.1 Å². The van der Waals surface area contributed by atoms with E-state index in [0.29, 0.717) is 12.8 Å². The van der Waals surface area contributed by atoms with Crippen molar-refractivity contribution in [2.75, 3.05) is 26.4 Å². The number of esters is 1. The van der Waals surface area contributed by atoms with E-state index < -0.39 is 26.5 Å². The lowest BCUT2D eigenvalue weighted by molar-refractivity contribution is -0.147. The summed E-state index contributed by atoms with van der Waals surface area (Å²) in [6.45, 7) is 3.34. The van der Waals surface area contributed by atoms with Gasteiger partial charge in [0, 0.05) is 19.4 Å². The number of carbonyl (C=O) groups is 2. The van der Waals surface area contributed by atoms with E-state index in [0.717, 1.165) is 70.6 Å². The summed E-state index contributed by atoms with van der Waals surface area (Å²) in [6.07, 6.45) is 38.8. The molecule has 0 saturated carbocycles. The number of hydrogen-bond donors (Lipinski definition) is 3. The van der Waals surface area contributed by atoms with Crippen LogP contribution in [0.3, 0.4) is 0 Å². The van der Waals surface area contributed by atoms with Crippen LogP contribution in [0.4, 0.5) is 0 Å². The number of aliphatic hydroxyl groups excluding tert-OH is 1. The monoisotopic (exact) mass is 695 g/mol. The fourth-order valence-corrected chi connectivity index (χ4v) is 5.13. The first-order valence-corrected chi connectivity index (χ1v) is 19.8. The fourth-order valence-electron chi connectivity index (χ4n) is 4.37. The Hall–Kier alpha value is -2.29. The minimum absolute atomic E-state index is 0.0489. The summed E-state index contributed by atoms with van der Waals surface area (Å²) >= 11 is 0. The molecule has 276 valence electrons. The molecular formula is C38H66NO8P. The Labute approximate surface area is 291 Å². The van der Waals surface area contributed by atoms with Gasteiger partial charge in [0.25, 0.3) is 0 Å². The van der Waals surface area contributed by atoms with E-state index >= 15 is 0 Å². The second-order valence-corrected chi connectivity index (χ2v) is 13.3. The maximum absolute atomic E-state index is 12.0. The molecule has 0 aliphatic heterocycles. The van der Waals surface area contributed by atoms with Crippen molar-refractivity contribution in [3.8, 4) is 0 Å². The first-order valence-electron chi connectivity index (χ1n) is 18.3. The smallest absolute Gasteiger partial charge is 0.463 e. The maximum Gasteiger partial charge on any atom is 0.472 e. The van der Waals surface area contributed by atoms with Gasteiger partial charge >= 0.3 is 13.8 Å². The zero-order chi connectivity index (χ0) is 35.4. The SMILES string of the molecule is CCC/C=C\CCCCCCCC(=O)OCC(O)COP(=O)(O)OCCNC(=O)CCC/C=C\C/C=C\C/C=C\C/C=C\CCCCC. The molecule has 0 rings (SSSR count). The maximum atomic E-state index is 12.0. The van der Waals surface area contributed by atoms with Crippen LogP contribution in [0, 0.1) is 0 Å². The molecule has 0 spiro atoms. The van der Waals surface area contributed by atoms with Crippen molar-refractivity contribution >= 4 is 19.7 Å². The van der Waals surface area contributed by atoms with Crippen LogP contribution in [0.25, 0.3) is 0 Å². The van der Waals surface area contributed by atoms with Gasteiger partial charge in [-0.25, -0.2) is 4.57 Å². The van der Waals surface area contributed by atoms with E-state index in [1.54, 1.807) is 0 Å². The van der Waals surface area contributed by atoms with Gasteiger partial charge < -0.3 is 20.1 Å². The number of ether oxygens (including phenoxy) is 1. The number of allylic oxidation sites excluding steroid dienone is 10. The van der Waals surface area contributed by atoms with Crippen molar-refractivity contribution in [3.05, 3.63) is 60.8 Å². The fraction of sp³-hybridized carbons (Fsp3) is 0.684. The van der Waals surface area contributed by atoms with Crippen molar-refractivity contribution < 1.29 is 37.9 Å². The van der Waals surface area contributed by atoms with E-state index in [2.05, 4.69) is 79.9 Å². The molecule has 2 unspecified atom stereocenters. The zero-order valence-corrected chi connectivity index (χ0v) is 30.8. The van der Waals surface area contributed by atoms with Crippen molar-refractivity contribution in [1.82, 2.24) is 5.32 Å². The van der Waals surface area contributed by atoms with Crippen LogP contribution >= 0.6 is 7.82 Å². The van der Waals surface area contributed by atoms with Gasteiger partial charge in [-0.3, -0.25) is 18.6 Å². The molecule has 2 atom stereocenters. The van der Waals surface area contributed by atoms with Gasteiger partial charge in [0.1, 0.15) is 12.7 Å². The molecular weight excluding hydrogens is 629 g/mol. The van der Waals surface area contributed by atoms with Gasteiger partial charge in [0.15, 0.2) is 0 Å². The van der Waals surface area contributed by atoms with Gasteiger partial charge in [-0.1, -0.05) is 113 Å². The lowest BCUT2D eigenvalue weighted by Crippen LogP contribution is -2.27. The normalized spacial score (nSPS) is 14.2. The van der Waals surface area contributed by atoms with Crippen LogP contribution in [-0.2, 0) is 27.9 Å². The highest BCUT2D eigenvalue weighted by molar-refractivity contribution is 7.47. The number of aliphatic hydroxyl groups is 1. The van der Waals surface area contributed by atoms with Crippen molar-refractivity contribution in [3.63, 3.8) is 0 Å². The summed E-state index contributed by atoms with van der Waals surface area (Å²) in [7, 11) is -4.43. The Morgan fingerprint density at radius 1 is 0.646 bits per heavy atom. The van der Waals surface area contributed by atoms with Crippen molar-refractivity contribution in [2.24, 2.45) is 0 Å². The molecule has 3 N–H and O–H groups in total. The number of phosphoric acid groups is 1. The second kappa shape index (κ2) is 34.6. The molecule has 0 fully saturated rings. The molecule has 10 heteroatoms. The molecule has 0 radical (unpaired) electrons. The molecule has 0 aromatic rings. The Balaban J connectivity index is 3.75. The minimum Gasteiger partial charge on any atom is -0.463 e. The van der Waals surface area contributed by atoms with E-state index in [1.807, 2.05) is 0 Å². The van der Waals surface area contributed by atoms with Crippen LogP contribution in [-0.4, -0.2) is 54.3 Å². The molecule has 0 aliphatic rings. The number of nitrogens with one attached hydrogen (secondary N) is 1. The summed E-state index contributed by atoms with van der Waals surface area (Å²) in [5.41, 5.74) is 0. The Bertz CT molecular complexity index is 976. The first-order chi connectivity index (χ1) is 23.3. The first kappa shape index (κ1) is 45.7. The number of amides is 1. The molecule has 9 nitrogen and oxygen atoms in total. The topological polar surface area (TPSA) is 131 Å². The summed E-state index contributed by atoms with van der Waals surface area (Å²) < 4.78 is 26.7. The number of rotatable bonds is 33. The molecule has 0 bridgehead atoms. The molecule has 0 saturated heterocycles. The second-order valence-electron chi connectivity index (χ2n) is 11.8. The molecule has 0 aromatic carbocycles. The van der Waals surface area contributed by atoms with Crippen molar-refractivity contribution in [1.29, 1.82) is 0 Å². The number of carbonyl (C=O) groups excluding carboxylic acids is 2. The van der Waals surface area contributed by atoms with E-state index in [9.17, 15) is 24.2 Å². The molecule has 48 heavy (non-hydrogen) atoms. The summed E-state index contributed by atoms with van der Waals surface area (Å²) in [6, 6.07) is 0. The molecule has 0 heterocycles. The van der Waals surface area contributed by atoms with Crippen LogP contribution in [0.2, 0.25) is 0 Å². The number of phosphoric ester groups is 1. The summed E-state index contributed by atoms with van der Waals surface area (Å²) in [5.74, 6) is -0.592. The third-order valence-corrected chi connectivity index (χ3v) is 8.14. The highest BCUT2D eigenvalue weighted by Gasteiger charge is 2.23. The highest BCUT2D eigenvalue weighted by atomic mass is 31.2. The molecule has 0 aromatic heterocycles. The largest absolute Gasteiger partial charge is 0.472 e. The Morgan fingerprint density at radius 2 is 1.19 bits per heavy atom. The molecule has 0 aliphatic carbocycles.